The van der Waals surface area contributed by atoms with Gasteiger partial charge in [-0.2, -0.15) is 5.16 Å². The lowest BCUT2D eigenvalue weighted by atomic mass is 10.3. The van der Waals surface area contributed by atoms with Crippen molar-refractivity contribution in [2.24, 2.45) is 0 Å². The maximum Gasteiger partial charge on any atom is 0.280 e. The molecular weight excluding hydrogens is 146 g/mol. The fourth-order valence-electron chi connectivity index (χ4n) is 0.823. The van der Waals surface area contributed by atoms with E-state index in [-0.39, 0.29) is 5.56 Å². The molecule has 0 aliphatic carbocycles. The van der Waals surface area contributed by atoms with Gasteiger partial charge >= 0.3 is 0 Å². The van der Waals surface area contributed by atoms with E-state index in [0.717, 1.165) is 0 Å². The third kappa shape index (κ3) is 0.980. The number of aromatic nitrogens is 1. The molecule has 0 saturated carbocycles. The molecule has 2 rings (SSSR count). The van der Waals surface area contributed by atoms with E-state index in [2.05, 4.69) is 5.16 Å². The topological polar surface area (TPSA) is 59.1 Å². The van der Waals surface area contributed by atoms with Crippen molar-refractivity contribution in [1.82, 2.24) is 5.16 Å². The van der Waals surface area contributed by atoms with Crippen molar-refractivity contribution in [1.29, 1.82) is 0 Å². The second kappa shape index (κ2) is 2.16. The zero-order valence-corrected chi connectivity index (χ0v) is 5.53. The summed E-state index contributed by atoms with van der Waals surface area (Å²) in [6.07, 6.45) is 1.52. The first-order valence-electron chi connectivity index (χ1n) is 3.08. The van der Waals surface area contributed by atoms with Gasteiger partial charge in [0.1, 0.15) is 0 Å². The molecule has 2 heterocycles. The van der Waals surface area contributed by atoms with Gasteiger partial charge in [0, 0.05) is 0 Å². The van der Waals surface area contributed by atoms with E-state index in [1.165, 1.54) is 12.3 Å². The fourth-order valence-corrected chi connectivity index (χ4v) is 0.823. The molecule has 0 saturated heterocycles. The zero-order chi connectivity index (χ0) is 7.68. The van der Waals surface area contributed by atoms with Crippen molar-refractivity contribution in [2.45, 2.75) is 0 Å². The smallest absolute Gasteiger partial charge is 0.280 e. The molecule has 56 valence electrons. The highest BCUT2D eigenvalue weighted by Gasteiger charge is 2.04. The Balaban J connectivity index is 2.53. The summed E-state index contributed by atoms with van der Waals surface area (Å²) in [7, 11) is 0. The number of hydrogen-bond acceptors (Lipinski definition) is 3. The van der Waals surface area contributed by atoms with Gasteiger partial charge in [-0.15, -0.1) is 0 Å². The summed E-state index contributed by atoms with van der Waals surface area (Å²) < 4.78 is 9.76. The van der Waals surface area contributed by atoms with Crippen LogP contribution in [0.2, 0.25) is 0 Å². The summed E-state index contributed by atoms with van der Waals surface area (Å²) in [6.45, 7) is 0. The molecule has 0 fully saturated rings. The molecule has 0 radical (unpaired) electrons. The lowest BCUT2D eigenvalue weighted by Crippen LogP contribution is -1.92. The summed E-state index contributed by atoms with van der Waals surface area (Å²) in [5.74, 6) is 0.961. The summed E-state index contributed by atoms with van der Waals surface area (Å²) in [5, 5.41) is 2.17. The normalized spacial score (nSPS) is 10.2. The standard InChI is InChI=1S/C7H5NO3/c9-7-4-6(11-8-7)5-2-1-3-10-5/h1-4H,(H,8,9). The van der Waals surface area contributed by atoms with E-state index < -0.39 is 0 Å². The van der Waals surface area contributed by atoms with Crippen LogP contribution in [-0.4, -0.2) is 5.16 Å². The highest BCUT2D eigenvalue weighted by atomic mass is 16.5. The molecule has 11 heavy (non-hydrogen) atoms. The van der Waals surface area contributed by atoms with Gasteiger partial charge in [-0.25, -0.2) is 0 Å². The Labute approximate surface area is 61.4 Å². The number of aromatic amines is 1. The van der Waals surface area contributed by atoms with Crippen LogP contribution in [0, 0.1) is 0 Å². The van der Waals surface area contributed by atoms with E-state index in [1.54, 1.807) is 12.1 Å². The van der Waals surface area contributed by atoms with Gasteiger partial charge in [0.15, 0.2) is 5.76 Å². The van der Waals surface area contributed by atoms with Crippen molar-refractivity contribution in [3.05, 3.63) is 34.8 Å². The molecule has 1 N–H and O–H groups in total. The molecule has 4 nitrogen and oxygen atoms in total. The minimum absolute atomic E-state index is 0.267. The average Bonchev–Trinajstić information content (AvgIpc) is 2.55. The third-order valence-electron chi connectivity index (χ3n) is 1.29. The van der Waals surface area contributed by atoms with E-state index in [4.69, 9.17) is 8.94 Å². The molecular formula is C7H5NO3. The molecule has 2 aromatic heterocycles. The van der Waals surface area contributed by atoms with Crippen LogP contribution in [0.4, 0.5) is 0 Å². The van der Waals surface area contributed by atoms with Gasteiger partial charge in [0.05, 0.1) is 12.3 Å². The second-order valence-corrected chi connectivity index (χ2v) is 2.05. The van der Waals surface area contributed by atoms with Crippen LogP contribution in [0.15, 0.2) is 38.2 Å². The Bertz CT molecular complexity index is 382. The molecule has 0 atom stereocenters. The monoisotopic (exact) mass is 151 g/mol. The number of rotatable bonds is 1. The van der Waals surface area contributed by atoms with Crippen LogP contribution in [-0.2, 0) is 0 Å². The van der Waals surface area contributed by atoms with Crippen molar-refractivity contribution >= 4 is 0 Å². The Kier molecular flexibility index (Phi) is 1.18. The number of nitrogens with one attached hydrogen (secondary N) is 1. The summed E-state index contributed by atoms with van der Waals surface area (Å²) in [5.41, 5.74) is -0.267. The number of H-pyrrole nitrogens is 1. The summed E-state index contributed by atoms with van der Waals surface area (Å²) >= 11 is 0. The molecule has 0 aliphatic heterocycles. The fraction of sp³-hybridized carbons (Fsp3) is 0. The van der Waals surface area contributed by atoms with Gasteiger partial charge < -0.3 is 8.94 Å². The molecule has 0 aliphatic rings. The summed E-state index contributed by atoms with van der Waals surface area (Å²) in [6, 6.07) is 4.77. The van der Waals surface area contributed by atoms with Crippen LogP contribution in [0.5, 0.6) is 0 Å². The van der Waals surface area contributed by atoms with Gasteiger partial charge in [-0.3, -0.25) is 4.79 Å². The van der Waals surface area contributed by atoms with E-state index in [9.17, 15) is 4.79 Å². The largest absolute Gasteiger partial charge is 0.461 e. The van der Waals surface area contributed by atoms with E-state index in [0.29, 0.717) is 11.5 Å². The minimum Gasteiger partial charge on any atom is -0.461 e. The Morgan fingerprint density at radius 1 is 1.36 bits per heavy atom. The Hall–Kier alpha value is -1.71. The minimum atomic E-state index is -0.267. The quantitative estimate of drug-likeness (QED) is 0.666. The third-order valence-corrected chi connectivity index (χ3v) is 1.29. The molecule has 0 aromatic carbocycles. The van der Waals surface area contributed by atoms with Crippen LogP contribution in [0.3, 0.4) is 0 Å². The van der Waals surface area contributed by atoms with Gasteiger partial charge in [-0.05, 0) is 12.1 Å². The van der Waals surface area contributed by atoms with Gasteiger partial charge in [0.25, 0.3) is 5.56 Å². The summed E-state index contributed by atoms with van der Waals surface area (Å²) in [4.78, 5) is 10.6. The van der Waals surface area contributed by atoms with Crippen molar-refractivity contribution < 1.29 is 8.94 Å². The molecule has 2 aromatic rings. The second-order valence-electron chi connectivity index (χ2n) is 2.05. The zero-order valence-electron chi connectivity index (χ0n) is 5.53. The number of hydrogen-bond donors (Lipinski definition) is 1. The van der Waals surface area contributed by atoms with Crippen LogP contribution >= 0.6 is 0 Å². The molecule has 0 bridgehead atoms. The van der Waals surface area contributed by atoms with E-state index in [1.807, 2.05) is 0 Å². The Morgan fingerprint density at radius 2 is 2.27 bits per heavy atom. The molecule has 0 unspecified atom stereocenters. The van der Waals surface area contributed by atoms with E-state index >= 15 is 0 Å². The van der Waals surface area contributed by atoms with Crippen LogP contribution in [0.1, 0.15) is 0 Å². The molecule has 0 spiro atoms. The van der Waals surface area contributed by atoms with Crippen molar-refractivity contribution in [3.63, 3.8) is 0 Å². The predicted octanol–water partition coefficient (Wildman–Crippen LogP) is 1.23. The molecule has 4 heteroatoms. The average molecular weight is 151 g/mol. The Morgan fingerprint density at radius 3 is 2.82 bits per heavy atom. The first-order chi connectivity index (χ1) is 5.36. The van der Waals surface area contributed by atoms with Crippen molar-refractivity contribution in [3.8, 4) is 11.5 Å². The van der Waals surface area contributed by atoms with Crippen LogP contribution in [0.25, 0.3) is 11.5 Å². The van der Waals surface area contributed by atoms with Gasteiger partial charge in [-0.1, -0.05) is 0 Å². The van der Waals surface area contributed by atoms with Crippen LogP contribution < -0.4 is 5.56 Å². The SMILES string of the molecule is O=c1cc(-c2ccco2)o[nH]1. The highest BCUT2D eigenvalue weighted by molar-refractivity contribution is 5.47. The van der Waals surface area contributed by atoms with Crippen molar-refractivity contribution in [2.75, 3.05) is 0 Å². The molecule has 0 amide bonds. The first-order valence-corrected chi connectivity index (χ1v) is 3.08. The highest BCUT2D eigenvalue weighted by Crippen LogP contribution is 2.16. The predicted molar refractivity (Wildman–Crippen MR) is 37.0 cm³/mol. The number of furan rings is 1. The first kappa shape index (κ1) is 6.03. The van der Waals surface area contributed by atoms with Gasteiger partial charge in [0.2, 0.25) is 5.76 Å². The lowest BCUT2D eigenvalue weighted by Gasteiger charge is -1.82. The maximum atomic E-state index is 10.6. The lowest BCUT2D eigenvalue weighted by molar-refractivity contribution is 0.412. The maximum absolute atomic E-state index is 10.6.